The third kappa shape index (κ3) is 3.57. The van der Waals surface area contributed by atoms with Crippen LogP contribution in [0.4, 0.5) is 0 Å². The minimum absolute atomic E-state index is 0.443. The third-order valence-electron chi connectivity index (χ3n) is 2.18. The van der Waals surface area contributed by atoms with Gasteiger partial charge in [-0.15, -0.1) is 0 Å². The van der Waals surface area contributed by atoms with Crippen molar-refractivity contribution >= 4 is 5.97 Å². The fourth-order valence-corrected chi connectivity index (χ4v) is 1.34. The second-order valence-corrected chi connectivity index (χ2v) is 3.20. The van der Waals surface area contributed by atoms with Gasteiger partial charge in [0.1, 0.15) is 0 Å². The van der Waals surface area contributed by atoms with E-state index in [0.29, 0.717) is 12.6 Å². The van der Waals surface area contributed by atoms with Crippen LogP contribution in [0, 0.1) is 0 Å². The largest absolute Gasteiger partial charge is 0.478 e. The van der Waals surface area contributed by atoms with Crippen LogP contribution < -0.4 is 0 Å². The SMILES string of the molecule is CN(CC=CC(=O)O)C1CCOC1. The number of carboxylic acid groups (broad SMARTS) is 1. The van der Waals surface area contributed by atoms with Gasteiger partial charge < -0.3 is 9.84 Å². The van der Waals surface area contributed by atoms with Gasteiger partial charge in [-0.1, -0.05) is 6.08 Å². The van der Waals surface area contributed by atoms with E-state index >= 15 is 0 Å². The molecule has 4 nitrogen and oxygen atoms in total. The Balaban J connectivity index is 2.23. The van der Waals surface area contributed by atoms with Gasteiger partial charge in [-0.2, -0.15) is 0 Å². The van der Waals surface area contributed by atoms with E-state index in [1.54, 1.807) is 6.08 Å². The number of hydrogen-bond acceptors (Lipinski definition) is 3. The summed E-state index contributed by atoms with van der Waals surface area (Å²) in [5.41, 5.74) is 0. The number of nitrogens with zero attached hydrogens (tertiary/aromatic N) is 1. The van der Waals surface area contributed by atoms with E-state index in [0.717, 1.165) is 19.6 Å². The molecule has 1 heterocycles. The molecular weight excluding hydrogens is 170 g/mol. The zero-order chi connectivity index (χ0) is 9.68. The summed E-state index contributed by atoms with van der Waals surface area (Å²) >= 11 is 0. The van der Waals surface area contributed by atoms with Crippen LogP contribution in [0.1, 0.15) is 6.42 Å². The lowest BCUT2D eigenvalue weighted by molar-refractivity contribution is -0.131. The minimum atomic E-state index is -0.893. The second-order valence-electron chi connectivity index (χ2n) is 3.20. The lowest BCUT2D eigenvalue weighted by atomic mass is 10.2. The van der Waals surface area contributed by atoms with Gasteiger partial charge in [0.25, 0.3) is 0 Å². The molecule has 1 aliphatic heterocycles. The first-order chi connectivity index (χ1) is 6.20. The molecular formula is C9H15NO3. The molecule has 0 spiro atoms. The van der Waals surface area contributed by atoms with Gasteiger partial charge >= 0.3 is 5.97 Å². The Kier molecular flexibility index (Phi) is 3.92. The van der Waals surface area contributed by atoms with Crippen molar-refractivity contribution in [1.82, 2.24) is 4.90 Å². The van der Waals surface area contributed by atoms with Crippen molar-refractivity contribution < 1.29 is 14.6 Å². The molecule has 1 fully saturated rings. The van der Waals surface area contributed by atoms with Crippen LogP contribution in [-0.4, -0.2) is 48.8 Å². The molecule has 0 aliphatic carbocycles. The average molecular weight is 185 g/mol. The average Bonchev–Trinajstić information content (AvgIpc) is 2.55. The fraction of sp³-hybridized carbons (Fsp3) is 0.667. The molecule has 74 valence electrons. The van der Waals surface area contributed by atoms with Gasteiger partial charge in [-0.25, -0.2) is 4.79 Å². The molecule has 13 heavy (non-hydrogen) atoms. The molecule has 1 rings (SSSR count). The summed E-state index contributed by atoms with van der Waals surface area (Å²) in [6.07, 6.45) is 3.87. The summed E-state index contributed by atoms with van der Waals surface area (Å²) in [6, 6.07) is 0.443. The van der Waals surface area contributed by atoms with Gasteiger partial charge in [0.05, 0.1) is 6.61 Å². The number of likely N-dealkylation sites (N-methyl/N-ethyl adjacent to an activating group) is 1. The Morgan fingerprint density at radius 1 is 1.77 bits per heavy atom. The highest BCUT2D eigenvalue weighted by Gasteiger charge is 2.18. The standard InChI is InChI=1S/C9H15NO3/c1-10(5-2-3-9(11)12)8-4-6-13-7-8/h2-3,8H,4-7H2,1H3,(H,11,12). The highest BCUT2D eigenvalue weighted by molar-refractivity contribution is 5.79. The first-order valence-electron chi connectivity index (χ1n) is 4.37. The predicted molar refractivity (Wildman–Crippen MR) is 48.6 cm³/mol. The molecule has 1 atom stereocenters. The Hall–Kier alpha value is -0.870. The fourth-order valence-electron chi connectivity index (χ4n) is 1.34. The van der Waals surface area contributed by atoms with E-state index in [-0.39, 0.29) is 0 Å². The van der Waals surface area contributed by atoms with Crippen molar-refractivity contribution in [3.05, 3.63) is 12.2 Å². The number of aliphatic carboxylic acids is 1. The maximum absolute atomic E-state index is 10.2. The first kappa shape index (κ1) is 10.2. The third-order valence-corrected chi connectivity index (χ3v) is 2.18. The number of ether oxygens (including phenoxy) is 1. The van der Waals surface area contributed by atoms with Crippen molar-refractivity contribution in [3.8, 4) is 0 Å². The van der Waals surface area contributed by atoms with E-state index < -0.39 is 5.97 Å². The van der Waals surface area contributed by atoms with Gasteiger partial charge in [-0.3, -0.25) is 4.90 Å². The Morgan fingerprint density at radius 3 is 3.08 bits per heavy atom. The molecule has 4 heteroatoms. The molecule has 0 radical (unpaired) electrons. The van der Waals surface area contributed by atoms with E-state index in [1.165, 1.54) is 6.08 Å². The number of hydrogen-bond donors (Lipinski definition) is 1. The minimum Gasteiger partial charge on any atom is -0.478 e. The summed E-state index contributed by atoms with van der Waals surface area (Å²) in [4.78, 5) is 12.3. The highest BCUT2D eigenvalue weighted by atomic mass is 16.5. The summed E-state index contributed by atoms with van der Waals surface area (Å²) in [5.74, 6) is -0.893. The molecule has 1 N–H and O–H groups in total. The monoisotopic (exact) mass is 185 g/mol. The molecule has 1 aliphatic rings. The topological polar surface area (TPSA) is 49.8 Å². The Labute approximate surface area is 77.8 Å². The maximum atomic E-state index is 10.2. The van der Waals surface area contributed by atoms with Gasteiger partial charge in [-0.05, 0) is 13.5 Å². The van der Waals surface area contributed by atoms with Crippen molar-refractivity contribution in [2.24, 2.45) is 0 Å². The van der Waals surface area contributed by atoms with Crippen LogP contribution in [0.5, 0.6) is 0 Å². The molecule has 0 amide bonds. The van der Waals surface area contributed by atoms with E-state index in [4.69, 9.17) is 9.84 Å². The molecule has 0 aromatic rings. The van der Waals surface area contributed by atoms with E-state index in [1.807, 2.05) is 7.05 Å². The molecule has 1 saturated heterocycles. The van der Waals surface area contributed by atoms with Gasteiger partial charge in [0.2, 0.25) is 0 Å². The number of carboxylic acids is 1. The van der Waals surface area contributed by atoms with Gasteiger partial charge in [0.15, 0.2) is 0 Å². The summed E-state index contributed by atoms with van der Waals surface area (Å²) in [7, 11) is 1.98. The van der Waals surface area contributed by atoms with Gasteiger partial charge in [0, 0.05) is 25.3 Å². The number of carbonyl (C=O) groups is 1. The Bertz CT molecular complexity index is 197. The van der Waals surface area contributed by atoms with Crippen LogP contribution in [-0.2, 0) is 9.53 Å². The zero-order valence-corrected chi connectivity index (χ0v) is 7.77. The second kappa shape index (κ2) is 4.99. The maximum Gasteiger partial charge on any atom is 0.328 e. The molecule has 0 bridgehead atoms. The highest BCUT2D eigenvalue weighted by Crippen LogP contribution is 2.09. The lowest BCUT2D eigenvalue weighted by Gasteiger charge is -2.20. The smallest absolute Gasteiger partial charge is 0.328 e. The van der Waals surface area contributed by atoms with Crippen LogP contribution >= 0.6 is 0 Å². The van der Waals surface area contributed by atoms with Crippen LogP contribution in [0.25, 0.3) is 0 Å². The lowest BCUT2D eigenvalue weighted by Crippen LogP contribution is -2.31. The quantitative estimate of drug-likeness (QED) is 0.642. The molecule has 0 aromatic carbocycles. The predicted octanol–water partition coefficient (Wildman–Crippen LogP) is 0.348. The summed E-state index contributed by atoms with van der Waals surface area (Å²) in [6.45, 7) is 2.25. The van der Waals surface area contributed by atoms with Crippen LogP contribution in [0.2, 0.25) is 0 Å². The van der Waals surface area contributed by atoms with Crippen molar-refractivity contribution in [3.63, 3.8) is 0 Å². The summed E-state index contributed by atoms with van der Waals surface area (Å²) in [5, 5.41) is 8.36. The Morgan fingerprint density at radius 2 is 2.54 bits per heavy atom. The first-order valence-corrected chi connectivity index (χ1v) is 4.37. The van der Waals surface area contributed by atoms with Crippen molar-refractivity contribution in [2.75, 3.05) is 26.8 Å². The van der Waals surface area contributed by atoms with Crippen LogP contribution in [0.15, 0.2) is 12.2 Å². The molecule has 0 saturated carbocycles. The molecule has 1 unspecified atom stereocenters. The van der Waals surface area contributed by atoms with E-state index in [9.17, 15) is 4.79 Å². The normalized spacial score (nSPS) is 23.1. The molecule has 0 aromatic heterocycles. The summed E-state index contributed by atoms with van der Waals surface area (Å²) < 4.78 is 5.22. The number of rotatable bonds is 4. The van der Waals surface area contributed by atoms with E-state index in [2.05, 4.69) is 4.90 Å². The van der Waals surface area contributed by atoms with Crippen LogP contribution in [0.3, 0.4) is 0 Å². The zero-order valence-electron chi connectivity index (χ0n) is 7.77. The van der Waals surface area contributed by atoms with Crippen molar-refractivity contribution in [1.29, 1.82) is 0 Å². The van der Waals surface area contributed by atoms with Crippen molar-refractivity contribution in [2.45, 2.75) is 12.5 Å².